The van der Waals surface area contributed by atoms with Gasteiger partial charge in [-0.3, -0.25) is 9.36 Å². The lowest BCUT2D eigenvalue weighted by Gasteiger charge is -2.08. The molecule has 0 radical (unpaired) electrons. The van der Waals surface area contributed by atoms with Crippen LogP contribution in [0.5, 0.6) is 0 Å². The number of hydrogen-bond donors (Lipinski definition) is 0. The van der Waals surface area contributed by atoms with Crippen LogP contribution in [-0.2, 0) is 20.6 Å². The molecule has 0 atom stereocenters. The minimum Gasteiger partial charge on any atom is -0.324 e. The lowest BCUT2D eigenvalue weighted by molar-refractivity contribution is 0.755. The molecule has 0 aliphatic heterocycles. The third kappa shape index (κ3) is 2.96. The number of halogens is 1. The predicted molar refractivity (Wildman–Crippen MR) is 97.2 cm³/mol. The molecule has 0 unspecified atom stereocenters. The van der Waals surface area contributed by atoms with Crippen molar-refractivity contribution in [3.63, 3.8) is 0 Å². The fourth-order valence-electron chi connectivity index (χ4n) is 2.93. The number of aryl methyl sites for hydroxylation is 2. The highest BCUT2D eigenvalue weighted by molar-refractivity contribution is 6.33. The van der Waals surface area contributed by atoms with Gasteiger partial charge in [0.2, 0.25) is 0 Å². The average molecular weight is 353 g/mol. The fourth-order valence-corrected chi connectivity index (χ4v) is 3.20. The molecule has 4 aromatic rings. The first-order valence-electron chi connectivity index (χ1n) is 7.89. The Bertz CT molecular complexity index is 1010. The zero-order chi connectivity index (χ0) is 17.4. The predicted octanol–water partition coefficient (Wildman–Crippen LogP) is 3.39. The Kier molecular flexibility index (Phi) is 3.89. The maximum absolute atomic E-state index is 6.43. The Morgan fingerprint density at radius 2 is 1.80 bits per heavy atom. The van der Waals surface area contributed by atoms with Gasteiger partial charge in [-0.2, -0.15) is 10.2 Å². The zero-order valence-corrected chi connectivity index (χ0v) is 14.7. The van der Waals surface area contributed by atoms with Crippen molar-refractivity contribution in [3.8, 4) is 22.6 Å². The molecule has 0 spiro atoms. The summed E-state index contributed by atoms with van der Waals surface area (Å²) in [5, 5.41) is 9.39. The van der Waals surface area contributed by atoms with E-state index in [0.717, 1.165) is 28.2 Å². The Morgan fingerprint density at radius 1 is 1.00 bits per heavy atom. The van der Waals surface area contributed by atoms with Crippen LogP contribution in [0, 0.1) is 0 Å². The minimum absolute atomic E-state index is 0.604. The Morgan fingerprint density at radius 3 is 2.44 bits per heavy atom. The van der Waals surface area contributed by atoms with E-state index in [0.29, 0.717) is 11.6 Å². The minimum atomic E-state index is 0.604. The van der Waals surface area contributed by atoms with Crippen molar-refractivity contribution in [2.75, 3.05) is 0 Å². The molecule has 0 amide bonds. The average Bonchev–Trinajstić information content (AvgIpc) is 3.28. The summed E-state index contributed by atoms with van der Waals surface area (Å²) in [7, 11) is 3.77. The zero-order valence-electron chi connectivity index (χ0n) is 14.0. The summed E-state index contributed by atoms with van der Waals surface area (Å²) < 4.78 is 5.57. The van der Waals surface area contributed by atoms with Gasteiger partial charge < -0.3 is 4.57 Å². The maximum atomic E-state index is 6.43. The highest BCUT2D eigenvalue weighted by Gasteiger charge is 2.20. The van der Waals surface area contributed by atoms with Gasteiger partial charge in [-0.1, -0.05) is 41.9 Å². The van der Waals surface area contributed by atoms with Crippen LogP contribution in [-0.4, -0.2) is 29.1 Å². The Balaban J connectivity index is 1.87. The third-order valence-corrected chi connectivity index (χ3v) is 4.28. The van der Waals surface area contributed by atoms with Gasteiger partial charge in [0.15, 0.2) is 0 Å². The molecule has 1 aromatic carbocycles. The van der Waals surface area contributed by atoms with Crippen molar-refractivity contribution in [2.24, 2.45) is 14.1 Å². The van der Waals surface area contributed by atoms with Crippen LogP contribution in [0.15, 0.2) is 55.2 Å². The van der Waals surface area contributed by atoms with E-state index in [1.54, 1.807) is 15.6 Å². The largest absolute Gasteiger partial charge is 0.324 e. The first-order valence-corrected chi connectivity index (χ1v) is 8.27. The molecular formula is C18H17ClN6. The highest BCUT2D eigenvalue weighted by Crippen LogP contribution is 2.34. The van der Waals surface area contributed by atoms with Crippen molar-refractivity contribution >= 4 is 11.6 Å². The van der Waals surface area contributed by atoms with E-state index in [1.807, 2.05) is 63.1 Å². The van der Waals surface area contributed by atoms with Crippen LogP contribution in [0.4, 0.5) is 0 Å². The molecule has 0 aliphatic carbocycles. The SMILES string of the molecule is Cn1cc(Cn2cnc(-c3ccccc3)c2-c2nn(C)cc2Cl)cn1. The number of aromatic nitrogens is 6. The number of rotatable bonds is 4. The first kappa shape index (κ1) is 15.7. The smallest absolute Gasteiger partial charge is 0.130 e. The van der Waals surface area contributed by atoms with Crippen molar-refractivity contribution in [2.45, 2.75) is 6.54 Å². The van der Waals surface area contributed by atoms with Crippen molar-refractivity contribution in [3.05, 3.63) is 65.8 Å². The second-order valence-corrected chi connectivity index (χ2v) is 6.36. The lowest BCUT2D eigenvalue weighted by atomic mass is 10.1. The molecule has 0 aliphatic rings. The van der Waals surface area contributed by atoms with Crippen LogP contribution in [0.2, 0.25) is 5.02 Å². The molecule has 4 rings (SSSR count). The second-order valence-electron chi connectivity index (χ2n) is 5.96. The molecule has 3 aromatic heterocycles. The molecule has 0 bridgehead atoms. The van der Waals surface area contributed by atoms with Crippen molar-refractivity contribution < 1.29 is 0 Å². The summed E-state index contributed by atoms with van der Waals surface area (Å²) in [5.74, 6) is 0. The standard InChI is InChI=1S/C18H17ClN6/c1-23-9-13(8-21-23)10-25-12-20-16(14-6-4-3-5-7-14)18(25)17-15(19)11-24(2)22-17/h3-9,11-12H,10H2,1-2H3. The monoisotopic (exact) mass is 352 g/mol. The first-order chi connectivity index (χ1) is 12.1. The summed E-state index contributed by atoms with van der Waals surface area (Å²) in [4.78, 5) is 4.64. The van der Waals surface area contributed by atoms with Crippen molar-refractivity contribution in [1.82, 2.24) is 29.1 Å². The van der Waals surface area contributed by atoms with Gasteiger partial charge in [0.1, 0.15) is 5.69 Å². The summed E-state index contributed by atoms with van der Waals surface area (Å²) in [6, 6.07) is 10.1. The van der Waals surface area contributed by atoms with E-state index < -0.39 is 0 Å². The summed E-state index contributed by atoms with van der Waals surface area (Å²) in [5.41, 5.74) is 4.62. The molecule has 0 saturated heterocycles. The van der Waals surface area contributed by atoms with Gasteiger partial charge in [-0.25, -0.2) is 4.98 Å². The van der Waals surface area contributed by atoms with Crippen LogP contribution in [0.1, 0.15) is 5.56 Å². The molecule has 0 fully saturated rings. The highest BCUT2D eigenvalue weighted by atomic mass is 35.5. The number of nitrogens with zero attached hydrogens (tertiary/aromatic N) is 6. The van der Waals surface area contributed by atoms with Crippen LogP contribution < -0.4 is 0 Å². The van der Waals surface area contributed by atoms with Gasteiger partial charge in [0.25, 0.3) is 0 Å². The molecule has 0 N–H and O–H groups in total. The van der Waals surface area contributed by atoms with Crippen LogP contribution >= 0.6 is 11.6 Å². The van der Waals surface area contributed by atoms with Crippen LogP contribution in [0.25, 0.3) is 22.6 Å². The van der Waals surface area contributed by atoms with Gasteiger partial charge in [-0.05, 0) is 0 Å². The Labute approximate surface area is 150 Å². The van der Waals surface area contributed by atoms with Gasteiger partial charge in [-0.15, -0.1) is 0 Å². The summed E-state index contributed by atoms with van der Waals surface area (Å²) in [6.07, 6.45) is 7.47. The summed E-state index contributed by atoms with van der Waals surface area (Å²) >= 11 is 6.43. The van der Waals surface area contributed by atoms with E-state index in [9.17, 15) is 0 Å². The van der Waals surface area contributed by atoms with E-state index in [2.05, 4.69) is 19.7 Å². The molecular weight excluding hydrogens is 336 g/mol. The van der Waals surface area contributed by atoms with E-state index in [4.69, 9.17) is 11.6 Å². The Hall–Kier alpha value is -2.86. The third-order valence-electron chi connectivity index (χ3n) is 4.00. The van der Waals surface area contributed by atoms with E-state index in [1.165, 1.54) is 0 Å². The van der Waals surface area contributed by atoms with Gasteiger partial charge >= 0.3 is 0 Å². The molecule has 7 heteroatoms. The van der Waals surface area contributed by atoms with Crippen LogP contribution in [0.3, 0.4) is 0 Å². The lowest BCUT2D eigenvalue weighted by Crippen LogP contribution is -2.01. The molecule has 3 heterocycles. The molecule has 126 valence electrons. The van der Waals surface area contributed by atoms with Gasteiger partial charge in [0, 0.05) is 37.6 Å². The normalized spacial score (nSPS) is 11.2. The number of hydrogen-bond acceptors (Lipinski definition) is 3. The van der Waals surface area contributed by atoms with E-state index >= 15 is 0 Å². The molecule has 0 saturated carbocycles. The second kappa shape index (κ2) is 6.22. The topological polar surface area (TPSA) is 53.5 Å². The molecule has 25 heavy (non-hydrogen) atoms. The van der Waals surface area contributed by atoms with Crippen molar-refractivity contribution in [1.29, 1.82) is 0 Å². The summed E-state index contributed by atoms with van der Waals surface area (Å²) in [6.45, 7) is 0.649. The number of imidazole rings is 1. The fraction of sp³-hybridized carbons (Fsp3) is 0.167. The number of benzene rings is 1. The quantitative estimate of drug-likeness (QED) is 0.565. The van der Waals surface area contributed by atoms with E-state index in [-0.39, 0.29) is 0 Å². The van der Waals surface area contributed by atoms with Gasteiger partial charge in [0.05, 0.1) is 35.5 Å². The maximum Gasteiger partial charge on any atom is 0.130 e. The molecule has 6 nitrogen and oxygen atoms in total.